The predicted molar refractivity (Wildman–Crippen MR) is 138 cm³/mol. The van der Waals surface area contributed by atoms with Gasteiger partial charge in [0.25, 0.3) is 10.0 Å². The number of hydrogen-bond acceptors (Lipinski definition) is 4. The molecule has 1 aliphatic heterocycles. The molecule has 4 rings (SSSR count). The summed E-state index contributed by atoms with van der Waals surface area (Å²) in [6.45, 7) is 3.11. The highest BCUT2D eigenvalue weighted by atomic mass is 32.2. The van der Waals surface area contributed by atoms with Crippen molar-refractivity contribution in [2.45, 2.75) is 31.1 Å². The lowest BCUT2D eigenvalue weighted by molar-refractivity contribution is -0.130. The summed E-state index contributed by atoms with van der Waals surface area (Å²) in [5.41, 5.74) is 1.52. The monoisotopic (exact) mass is 510 g/mol. The van der Waals surface area contributed by atoms with Crippen molar-refractivity contribution in [3.8, 4) is 5.75 Å². The van der Waals surface area contributed by atoms with Gasteiger partial charge in [0.2, 0.25) is 5.91 Å². The SMILES string of the molecule is CCOc1ccc(S(=O)(=O)N(CC(=O)N2CCC(Cc3ccccc3)CC2)c2ccc(F)cc2)cc1. The Morgan fingerprint density at radius 1 is 0.972 bits per heavy atom. The van der Waals surface area contributed by atoms with Crippen molar-refractivity contribution >= 4 is 21.6 Å². The quantitative estimate of drug-likeness (QED) is 0.411. The molecule has 0 bridgehead atoms. The standard InChI is InChI=1S/C28H31FN2O4S/c1-2-35-26-12-14-27(15-13-26)36(33,34)31(25-10-8-24(29)9-11-25)21-28(32)30-18-16-23(17-19-30)20-22-6-4-3-5-7-22/h3-15,23H,2,16-21H2,1H3. The number of sulfonamides is 1. The van der Waals surface area contributed by atoms with Crippen LogP contribution in [0.3, 0.4) is 0 Å². The molecule has 1 aliphatic rings. The average Bonchev–Trinajstić information content (AvgIpc) is 2.89. The van der Waals surface area contributed by atoms with E-state index in [1.807, 2.05) is 25.1 Å². The van der Waals surface area contributed by atoms with Gasteiger partial charge in [0.1, 0.15) is 18.1 Å². The fourth-order valence-electron chi connectivity index (χ4n) is 4.48. The minimum absolute atomic E-state index is 0.0321. The van der Waals surface area contributed by atoms with Crippen LogP contribution in [0.15, 0.2) is 83.8 Å². The van der Waals surface area contributed by atoms with E-state index in [0.29, 0.717) is 31.4 Å². The van der Waals surface area contributed by atoms with Crippen molar-refractivity contribution in [3.05, 3.63) is 90.2 Å². The maximum Gasteiger partial charge on any atom is 0.264 e. The second-order valence-electron chi connectivity index (χ2n) is 8.91. The van der Waals surface area contributed by atoms with E-state index in [1.165, 1.54) is 42.0 Å². The van der Waals surface area contributed by atoms with E-state index in [-0.39, 0.29) is 23.0 Å². The fraction of sp³-hybridized carbons (Fsp3) is 0.321. The molecule has 0 unspecified atom stereocenters. The zero-order valence-corrected chi connectivity index (χ0v) is 21.2. The number of nitrogens with zero attached hydrogens (tertiary/aromatic N) is 2. The molecular weight excluding hydrogens is 479 g/mol. The highest BCUT2D eigenvalue weighted by Gasteiger charge is 2.30. The van der Waals surface area contributed by atoms with E-state index >= 15 is 0 Å². The highest BCUT2D eigenvalue weighted by Crippen LogP contribution is 2.27. The molecule has 190 valence electrons. The third kappa shape index (κ3) is 6.23. The Hall–Kier alpha value is -3.39. The number of likely N-dealkylation sites (tertiary alicyclic amines) is 1. The van der Waals surface area contributed by atoms with Crippen LogP contribution in [0.25, 0.3) is 0 Å². The maximum atomic E-state index is 13.6. The van der Waals surface area contributed by atoms with Crippen LogP contribution in [-0.4, -0.2) is 45.5 Å². The molecule has 0 saturated carbocycles. The van der Waals surface area contributed by atoms with Gasteiger partial charge in [-0.15, -0.1) is 0 Å². The largest absolute Gasteiger partial charge is 0.494 e. The van der Waals surface area contributed by atoms with Gasteiger partial charge >= 0.3 is 0 Å². The van der Waals surface area contributed by atoms with E-state index in [0.717, 1.165) is 23.6 Å². The topological polar surface area (TPSA) is 66.9 Å². The van der Waals surface area contributed by atoms with Crippen molar-refractivity contribution in [2.24, 2.45) is 5.92 Å². The minimum atomic E-state index is -4.08. The first-order chi connectivity index (χ1) is 17.4. The van der Waals surface area contributed by atoms with Crippen LogP contribution in [0.4, 0.5) is 10.1 Å². The molecule has 0 atom stereocenters. The first kappa shape index (κ1) is 25.7. The lowest BCUT2D eigenvalue weighted by Gasteiger charge is -2.34. The number of ether oxygens (including phenoxy) is 1. The summed E-state index contributed by atoms with van der Waals surface area (Å²) in [5, 5.41) is 0. The molecule has 3 aromatic carbocycles. The molecule has 1 fully saturated rings. The molecule has 1 heterocycles. The fourth-order valence-corrected chi connectivity index (χ4v) is 5.90. The van der Waals surface area contributed by atoms with Gasteiger partial charge in [0.05, 0.1) is 17.2 Å². The van der Waals surface area contributed by atoms with E-state index in [1.54, 1.807) is 17.0 Å². The Balaban J connectivity index is 1.49. The van der Waals surface area contributed by atoms with Crippen LogP contribution < -0.4 is 9.04 Å². The lowest BCUT2D eigenvalue weighted by Crippen LogP contribution is -2.46. The number of anilines is 1. The van der Waals surface area contributed by atoms with Crippen molar-refractivity contribution < 1.29 is 22.3 Å². The molecule has 0 aromatic heterocycles. The molecule has 6 nitrogen and oxygen atoms in total. The summed E-state index contributed by atoms with van der Waals surface area (Å²) in [7, 11) is -4.08. The Morgan fingerprint density at radius 2 is 1.61 bits per heavy atom. The smallest absolute Gasteiger partial charge is 0.264 e. The number of piperidine rings is 1. The van der Waals surface area contributed by atoms with Crippen LogP contribution in [0, 0.1) is 11.7 Å². The summed E-state index contributed by atoms with van der Waals surface area (Å²) in [6.07, 6.45) is 2.70. The van der Waals surface area contributed by atoms with Crippen molar-refractivity contribution in [1.29, 1.82) is 0 Å². The van der Waals surface area contributed by atoms with Crippen molar-refractivity contribution in [1.82, 2.24) is 4.90 Å². The number of amides is 1. The summed E-state index contributed by atoms with van der Waals surface area (Å²) in [6, 6.07) is 21.5. The summed E-state index contributed by atoms with van der Waals surface area (Å²) in [4.78, 5) is 15.0. The summed E-state index contributed by atoms with van der Waals surface area (Å²) >= 11 is 0. The normalized spacial score (nSPS) is 14.4. The van der Waals surface area contributed by atoms with Crippen LogP contribution in [0.1, 0.15) is 25.3 Å². The molecule has 0 radical (unpaired) electrons. The van der Waals surface area contributed by atoms with Gasteiger partial charge in [-0.25, -0.2) is 12.8 Å². The first-order valence-electron chi connectivity index (χ1n) is 12.2. The Bertz CT molecular complexity index is 1240. The number of carbonyl (C=O) groups is 1. The second kappa shape index (κ2) is 11.6. The van der Waals surface area contributed by atoms with Crippen molar-refractivity contribution in [3.63, 3.8) is 0 Å². The number of rotatable bonds is 9. The van der Waals surface area contributed by atoms with Crippen LogP contribution >= 0.6 is 0 Å². The maximum absolute atomic E-state index is 13.6. The minimum Gasteiger partial charge on any atom is -0.494 e. The predicted octanol–water partition coefficient (Wildman–Crippen LogP) is 4.90. The van der Waals surface area contributed by atoms with Crippen LogP contribution in [0.2, 0.25) is 0 Å². The van der Waals surface area contributed by atoms with Gasteiger partial charge < -0.3 is 9.64 Å². The highest BCUT2D eigenvalue weighted by molar-refractivity contribution is 7.92. The molecule has 3 aromatic rings. The third-order valence-corrected chi connectivity index (χ3v) is 8.24. The van der Waals surface area contributed by atoms with E-state index in [2.05, 4.69) is 12.1 Å². The Labute approximate surface area is 212 Å². The van der Waals surface area contributed by atoms with Gasteiger partial charge in [-0.1, -0.05) is 30.3 Å². The van der Waals surface area contributed by atoms with Crippen LogP contribution in [-0.2, 0) is 21.2 Å². The van der Waals surface area contributed by atoms with Gasteiger partial charge in [-0.3, -0.25) is 9.10 Å². The third-order valence-electron chi connectivity index (χ3n) is 6.45. The van der Waals surface area contributed by atoms with Crippen molar-refractivity contribution in [2.75, 3.05) is 30.5 Å². The number of hydrogen-bond donors (Lipinski definition) is 0. The number of carbonyl (C=O) groups excluding carboxylic acids is 1. The van der Waals surface area contributed by atoms with Gasteiger partial charge in [-0.2, -0.15) is 0 Å². The molecule has 0 spiro atoms. The zero-order valence-electron chi connectivity index (χ0n) is 20.3. The molecule has 1 saturated heterocycles. The van der Waals surface area contributed by atoms with Gasteiger partial charge in [0, 0.05) is 13.1 Å². The first-order valence-corrected chi connectivity index (χ1v) is 13.6. The zero-order chi connectivity index (χ0) is 25.5. The number of halogens is 1. The van der Waals surface area contributed by atoms with Gasteiger partial charge in [-0.05, 0) is 86.2 Å². The van der Waals surface area contributed by atoms with E-state index in [9.17, 15) is 17.6 Å². The summed E-state index contributed by atoms with van der Waals surface area (Å²) < 4.78 is 47.2. The second-order valence-corrected chi connectivity index (χ2v) is 10.8. The molecule has 0 aliphatic carbocycles. The molecule has 1 amide bonds. The molecular formula is C28H31FN2O4S. The van der Waals surface area contributed by atoms with E-state index in [4.69, 9.17) is 4.74 Å². The molecule has 36 heavy (non-hydrogen) atoms. The average molecular weight is 511 g/mol. The van der Waals surface area contributed by atoms with Crippen LogP contribution in [0.5, 0.6) is 5.75 Å². The lowest BCUT2D eigenvalue weighted by atomic mass is 9.90. The molecule has 8 heteroatoms. The van der Waals surface area contributed by atoms with E-state index < -0.39 is 15.8 Å². The molecule has 0 N–H and O–H groups in total. The Morgan fingerprint density at radius 3 is 2.22 bits per heavy atom. The Kier molecular flexibility index (Phi) is 8.25. The van der Waals surface area contributed by atoms with Gasteiger partial charge in [0.15, 0.2) is 0 Å². The summed E-state index contributed by atoms with van der Waals surface area (Å²) in [5.74, 6) is 0.285. The number of benzene rings is 3.